The SMILES string of the molecule is CN1Cc2ccccc2CC1CNC(=O)c1csc(N)n1. The molecule has 3 N–H and O–H groups in total. The third-order valence-corrected chi connectivity index (χ3v) is 4.54. The molecule has 0 aliphatic carbocycles. The van der Waals surface area contributed by atoms with Crippen LogP contribution in [0.15, 0.2) is 29.6 Å². The molecule has 1 atom stereocenters. The third kappa shape index (κ3) is 3.06. The first-order valence-electron chi connectivity index (χ1n) is 6.89. The fourth-order valence-electron chi connectivity index (χ4n) is 2.64. The largest absolute Gasteiger partial charge is 0.375 e. The Morgan fingerprint density at radius 2 is 2.24 bits per heavy atom. The summed E-state index contributed by atoms with van der Waals surface area (Å²) in [4.78, 5) is 18.3. The van der Waals surface area contributed by atoms with Gasteiger partial charge in [0.2, 0.25) is 0 Å². The predicted molar refractivity (Wildman–Crippen MR) is 84.3 cm³/mol. The molecular weight excluding hydrogens is 284 g/mol. The summed E-state index contributed by atoms with van der Waals surface area (Å²) in [5.74, 6) is -0.157. The Bertz CT molecular complexity index is 655. The van der Waals surface area contributed by atoms with Crippen molar-refractivity contribution in [1.82, 2.24) is 15.2 Å². The molecule has 1 aliphatic rings. The van der Waals surface area contributed by atoms with E-state index in [1.54, 1.807) is 5.38 Å². The van der Waals surface area contributed by atoms with Crippen LogP contribution in [0, 0.1) is 0 Å². The number of amides is 1. The highest BCUT2D eigenvalue weighted by Gasteiger charge is 2.23. The van der Waals surface area contributed by atoms with Gasteiger partial charge in [-0.05, 0) is 24.6 Å². The number of hydrogen-bond donors (Lipinski definition) is 2. The summed E-state index contributed by atoms with van der Waals surface area (Å²) in [5.41, 5.74) is 8.69. The molecule has 0 bridgehead atoms. The number of fused-ring (bicyclic) bond motifs is 1. The number of carbonyl (C=O) groups is 1. The molecule has 1 aromatic carbocycles. The lowest BCUT2D eigenvalue weighted by atomic mass is 9.94. The summed E-state index contributed by atoms with van der Waals surface area (Å²) < 4.78 is 0. The van der Waals surface area contributed by atoms with Crippen LogP contribution in [0.25, 0.3) is 0 Å². The van der Waals surface area contributed by atoms with E-state index in [9.17, 15) is 4.79 Å². The number of thiazole rings is 1. The molecule has 0 saturated carbocycles. The maximum Gasteiger partial charge on any atom is 0.270 e. The average Bonchev–Trinajstić information content (AvgIpc) is 2.91. The molecule has 0 radical (unpaired) electrons. The summed E-state index contributed by atoms with van der Waals surface area (Å²) in [6.07, 6.45) is 0.951. The number of carbonyl (C=O) groups excluding carboxylic acids is 1. The molecule has 0 fully saturated rings. The van der Waals surface area contributed by atoms with Crippen LogP contribution in [0.5, 0.6) is 0 Å². The van der Waals surface area contributed by atoms with Crippen molar-refractivity contribution in [1.29, 1.82) is 0 Å². The van der Waals surface area contributed by atoms with E-state index in [1.165, 1.54) is 22.5 Å². The Morgan fingerprint density at radius 1 is 1.48 bits per heavy atom. The van der Waals surface area contributed by atoms with E-state index in [2.05, 4.69) is 46.5 Å². The highest BCUT2D eigenvalue weighted by atomic mass is 32.1. The molecule has 5 nitrogen and oxygen atoms in total. The van der Waals surface area contributed by atoms with Gasteiger partial charge in [0.25, 0.3) is 5.91 Å². The van der Waals surface area contributed by atoms with Gasteiger partial charge < -0.3 is 11.1 Å². The Kier molecular flexibility index (Phi) is 3.90. The maximum absolute atomic E-state index is 12.0. The number of aromatic nitrogens is 1. The number of nitrogens with zero attached hydrogens (tertiary/aromatic N) is 2. The molecule has 110 valence electrons. The molecule has 1 aliphatic heterocycles. The zero-order chi connectivity index (χ0) is 14.8. The molecule has 2 aromatic rings. The number of nitrogens with two attached hydrogens (primary N) is 1. The van der Waals surface area contributed by atoms with E-state index in [4.69, 9.17) is 5.73 Å². The van der Waals surface area contributed by atoms with Crippen LogP contribution in [0.4, 0.5) is 5.13 Å². The first-order valence-corrected chi connectivity index (χ1v) is 7.77. The zero-order valence-corrected chi connectivity index (χ0v) is 12.7. The van der Waals surface area contributed by atoms with E-state index in [0.717, 1.165) is 13.0 Å². The second kappa shape index (κ2) is 5.83. The highest BCUT2D eigenvalue weighted by Crippen LogP contribution is 2.21. The first-order chi connectivity index (χ1) is 10.1. The minimum atomic E-state index is -0.157. The van der Waals surface area contributed by atoms with E-state index in [1.807, 2.05) is 0 Å². The van der Waals surface area contributed by atoms with Gasteiger partial charge in [-0.25, -0.2) is 4.98 Å². The summed E-state index contributed by atoms with van der Waals surface area (Å²) in [5, 5.41) is 5.06. The minimum absolute atomic E-state index is 0.157. The number of anilines is 1. The van der Waals surface area contributed by atoms with Gasteiger partial charge in [-0.15, -0.1) is 11.3 Å². The fraction of sp³-hybridized carbons (Fsp3) is 0.333. The Morgan fingerprint density at radius 3 is 2.95 bits per heavy atom. The van der Waals surface area contributed by atoms with E-state index in [0.29, 0.717) is 23.4 Å². The van der Waals surface area contributed by atoms with Gasteiger partial charge in [0.1, 0.15) is 5.69 Å². The molecule has 1 unspecified atom stereocenters. The lowest BCUT2D eigenvalue weighted by Crippen LogP contribution is -2.45. The Balaban J connectivity index is 1.62. The second-order valence-corrected chi connectivity index (χ2v) is 6.21. The fourth-order valence-corrected chi connectivity index (χ4v) is 3.18. The molecule has 6 heteroatoms. The van der Waals surface area contributed by atoms with Gasteiger partial charge in [0.05, 0.1) is 0 Å². The number of benzene rings is 1. The van der Waals surface area contributed by atoms with Crippen molar-refractivity contribution < 1.29 is 4.79 Å². The van der Waals surface area contributed by atoms with E-state index < -0.39 is 0 Å². The van der Waals surface area contributed by atoms with Gasteiger partial charge in [-0.1, -0.05) is 24.3 Å². The van der Waals surface area contributed by atoms with Gasteiger partial charge in [-0.2, -0.15) is 0 Å². The zero-order valence-electron chi connectivity index (χ0n) is 11.9. The smallest absolute Gasteiger partial charge is 0.270 e. The van der Waals surface area contributed by atoms with E-state index >= 15 is 0 Å². The quantitative estimate of drug-likeness (QED) is 0.901. The van der Waals surface area contributed by atoms with Crippen molar-refractivity contribution >= 4 is 22.4 Å². The van der Waals surface area contributed by atoms with Crippen LogP contribution in [-0.2, 0) is 13.0 Å². The van der Waals surface area contributed by atoms with E-state index in [-0.39, 0.29) is 5.91 Å². The monoisotopic (exact) mass is 302 g/mol. The second-order valence-electron chi connectivity index (χ2n) is 5.32. The third-order valence-electron chi connectivity index (χ3n) is 3.87. The van der Waals surface area contributed by atoms with Crippen LogP contribution in [-0.4, -0.2) is 35.4 Å². The maximum atomic E-state index is 12.0. The summed E-state index contributed by atoms with van der Waals surface area (Å²) in [7, 11) is 2.09. The van der Waals surface area contributed by atoms with Crippen molar-refractivity contribution in [2.24, 2.45) is 0 Å². The number of likely N-dealkylation sites (N-methyl/N-ethyl adjacent to an activating group) is 1. The van der Waals surface area contributed by atoms with Crippen LogP contribution < -0.4 is 11.1 Å². The van der Waals surface area contributed by atoms with Gasteiger partial charge >= 0.3 is 0 Å². The van der Waals surface area contributed by atoms with Gasteiger partial charge in [0, 0.05) is 24.5 Å². The lowest BCUT2D eigenvalue weighted by molar-refractivity contribution is 0.0930. The molecule has 0 saturated heterocycles. The van der Waals surface area contributed by atoms with Crippen LogP contribution in [0.3, 0.4) is 0 Å². The molecule has 21 heavy (non-hydrogen) atoms. The standard InChI is InChI=1S/C15H18N4OS/c1-19-8-11-5-3-2-4-10(11)6-12(19)7-17-14(20)13-9-21-15(16)18-13/h2-5,9,12H,6-8H2,1H3,(H2,16,18)(H,17,20). The number of nitrogens with one attached hydrogen (secondary N) is 1. The van der Waals surface area contributed by atoms with Crippen molar-refractivity contribution in [3.8, 4) is 0 Å². The Hall–Kier alpha value is -1.92. The Labute approximate surface area is 127 Å². The molecular formula is C15H18N4OS. The van der Waals surface area contributed by atoms with Crippen LogP contribution in [0.2, 0.25) is 0 Å². The molecule has 1 aromatic heterocycles. The van der Waals surface area contributed by atoms with Crippen molar-refractivity contribution in [2.45, 2.75) is 19.0 Å². The average molecular weight is 302 g/mol. The normalized spacial score (nSPS) is 18.2. The number of nitrogen functional groups attached to an aromatic ring is 1. The predicted octanol–water partition coefficient (Wildman–Crippen LogP) is 1.51. The van der Waals surface area contributed by atoms with Crippen molar-refractivity contribution in [3.63, 3.8) is 0 Å². The number of rotatable bonds is 3. The summed E-state index contributed by atoms with van der Waals surface area (Å²) in [6, 6.07) is 8.77. The summed E-state index contributed by atoms with van der Waals surface area (Å²) >= 11 is 1.28. The van der Waals surface area contributed by atoms with Crippen molar-refractivity contribution in [3.05, 3.63) is 46.5 Å². The number of hydrogen-bond acceptors (Lipinski definition) is 5. The van der Waals surface area contributed by atoms with Gasteiger partial charge in [0.15, 0.2) is 5.13 Å². The topological polar surface area (TPSA) is 71.2 Å². The lowest BCUT2D eigenvalue weighted by Gasteiger charge is -2.34. The highest BCUT2D eigenvalue weighted by molar-refractivity contribution is 7.13. The van der Waals surface area contributed by atoms with Crippen LogP contribution >= 0.6 is 11.3 Å². The first kappa shape index (κ1) is 14.0. The minimum Gasteiger partial charge on any atom is -0.375 e. The summed E-state index contributed by atoms with van der Waals surface area (Å²) in [6.45, 7) is 1.53. The molecule has 1 amide bonds. The van der Waals surface area contributed by atoms with Crippen LogP contribution in [0.1, 0.15) is 21.6 Å². The molecule has 2 heterocycles. The molecule has 0 spiro atoms. The van der Waals surface area contributed by atoms with Crippen molar-refractivity contribution in [2.75, 3.05) is 19.3 Å². The van der Waals surface area contributed by atoms with Gasteiger partial charge in [-0.3, -0.25) is 9.69 Å². The molecule has 3 rings (SSSR count).